The molecule has 1 aromatic carbocycles. The summed E-state index contributed by atoms with van der Waals surface area (Å²) in [6.07, 6.45) is 4.32. The van der Waals surface area contributed by atoms with Crippen molar-refractivity contribution in [1.29, 1.82) is 0 Å². The number of rotatable bonds is 8. The van der Waals surface area contributed by atoms with Crippen LogP contribution in [0.15, 0.2) is 48.8 Å². The highest BCUT2D eigenvalue weighted by Crippen LogP contribution is 2.15. The van der Waals surface area contributed by atoms with E-state index in [4.69, 9.17) is 9.47 Å². The van der Waals surface area contributed by atoms with Crippen molar-refractivity contribution >= 4 is 29.3 Å². The minimum absolute atomic E-state index is 0.0938. The summed E-state index contributed by atoms with van der Waals surface area (Å²) in [7, 11) is 1.50. The number of carbonyl (C=O) groups is 4. The molecule has 2 aliphatic heterocycles. The Balaban J connectivity index is 1.57. The van der Waals surface area contributed by atoms with E-state index in [-0.39, 0.29) is 51.1 Å². The maximum absolute atomic E-state index is 13.6. The molecule has 0 radical (unpaired) electrons. The zero-order chi connectivity index (χ0) is 30.9. The predicted molar refractivity (Wildman–Crippen MR) is 159 cm³/mol. The van der Waals surface area contributed by atoms with Gasteiger partial charge in [0.1, 0.15) is 23.5 Å². The number of aromatic nitrogens is 2. The number of benzene rings is 1. The monoisotopic (exact) mass is 592 g/mol. The van der Waals surface area contributed by atoms with E-state index in [9.17, 15) is 19.2 Å². The van der Waals surface area contributed by atoms with Crippen LogP contribution in [0.5, 0.6) is 5.75 Å². The molecule has 3 aromatic rings. The summed E-state index contributed by atoms with van der Waals surface area (Å²) >= 11 is 0. The Hall–Kier alpha value is -4.45. The zero-order valence-corrected chi connectivity index (χ0v) is 25.1. The van der Waals surface area contributed by atoms with Crippen molar-refractivity contribution < 1.29 is 28.7 Å². The topological polar surface area (TPSA) is 143 Å². The number of amides is 4. The maximum atomic E-state index is 13.6. The minimum atomic E-state index is -0.920. The molecule has 12 heteroatoms. The SMILES string of the molecule is COCCN1CC(=O)N[C@@H](C(=O)NCc2cn3cccc(C)c3n2)Cc2ccc(cc2)OCC(=O)N[C@@H](CC(C)C)C1=O. The highest BCUT2D eigenvalue weighted by Gasteiger charge is 2.30. The number of aryl methyl sites for hydroxylation is 1. The lowest BCUT2D eigenvalue weighted by molar-refractivity contribution is -0.141. The van der Waals surface area contributed by atoms with Gasteiger partial charge in [0, 0.05) is 32.5 Å². The Morgan fingerprint density at radius 3 is 2.60 bits per heavy atom. The van der Waals surface area contributed by atoms with Gasteiger partial charge >= 0.3 is 0 Å². The van der Waals surface area contributed by atoms with Crippen molar-refractivity contribution in [3.63, 3.8) is 0 Å². The molecule has 4 heterocycles. The lowest BCUT2D eigenvalue weighted by Gasteiger charge is -2.29. The second kappa shape index (κ2) is 14.6. The van der Waals surface area contributed by atoms with Gasteiger partial charge in [0.05, 0.1) is 25.4 Å². The van der Waals surface area contributed by atoms with E-state index < -0.39 is 29.8 Å². The molecule has 2 aromatic heterocycles. The van der Waals surface area contributed by atoms with E-state index in [1.165, 1.54) is 12.0 Å². The number of pyridine rings is 1. The van der Waals surface area contributed by atoms with Crippen LogP contribution in [0.2, 0.25) is 0 Å². The van der Waals surface area contributed by atoms with Gasteiger partial charge in [0.25, 0.3) is 5.91 Å². The molecule has 43 heavy (non-hydrogen) atoms. The van der Waals surface area contributed by atoms with Crippen molar-refractivity contribution in [3.05, 3.63) is 65.6 Å². The molecule has 0 spiro atoms. The predicted octanol–water partition coefficient (Wildman–Crippen LogP) is 1.38. The number of imidazole rings is 1. The highest BCUT2D eigenvalue weighted by atomic mass is 16.5. The lowest BCUT2D eigenvalue weighted by atomic mass is 10.0. The van der Waals surface area contributed by atoms with Crippen molar-refractivity contribution in [2.45, 2.75) is 52.2 Å². The third-order valence-electron chi connectivity index (χ3n) is 7.11. The normalized spacial score (nSPS) is 18.4. The molecular formula is C31H40N6O6. The first-order valence-electron chi connectivity index (χ1n) is 14.4. The number of ether oxygens (including phenoxy) is 2. The Morgan fingerprint density at radius 2 is 1.91 bits per heavy atom. The van der Waals surface area contributed by atoms with Crippen LogP contribution < -0.4 is 20.7 Å². The highest BCUT2D eigenvalue weighted by molar-refractivity contribution is 5.93. The Labute approximate surface area is 251 Å². The van der Waals surface area contributed by atoms with E-state index in [0.29, 0.717) is 17.9 Å². The van der Waals surface area contributed by atoms with E-state index in [1.807, 2.05) is 49.7 Å². The summed E-state index contributed by atoms with van der Waals surface area (Å²) in [6, 6.07) is 9.09. The van der Waals surface area contributed by atoms with Gasteiger partial charge in [-0.3, -0.25) is 19.2 Å². The Kier molecular flexibility index (Phi) is 10.7. The summed E-state index contributed by atoms with van der Waals surface area (Å²) in [5.41, 5.74) is 3.27. The molecule has 0 aliphatic carbocycles. The fourth-order valence-corrected chi connectivity index (χ4v) is 4.94. The second-order valence-electron chi connectivity index (χ2n) is 11.1. The van der Waals surface area contributed by atoms with Gasteiger partial charge in [-0.15, -0.1) is 0 Å². The number of fused-ring (bicyclic) bond motifs is 14. The van der Waals surface area contributed by atoms with Crippen molar-refractivity contribution in [2.75, 3.05) is 33.4 Å². The van der Waals surface area contributed by atoms with Crippen molar-refractivity contribution in [2.24, 2.45) is 5.92 Å². The van der Waals surface area contributed by atoms with E-state index >= 15 is 0 Å². The number of nitrogens with one attached hydrogen (secondary N) is 3. The Morgan fingerprint density at radius 1 is 1.14 bits per heavy atom. The Bertz CT molecular complexity index is 1440. The number of methoxy groups -OCH3 is 1. The minimum Gasteiger partial charge on any atom is -0.484 e. The van der Waals surface area contributed by atoms with Crippen LogP contribution in [0.4, 0.5) is 0 Å². The average molecular weight is 593 g/mol. The molecule has 12 nitrogen and oxygen atoms in total. The van der Waals surface area contributed by atoms with Crippen molar-refractivity contribution in [1.82, 2.24) is 30.2 Å². The van der Waals surface area contributed by atoms with Gasteiger partial charge in [-0.1, -0.05) is 32.0 Å². The summed E-state index contributed by atoms with van der Waals surface area (Å²) in [4.78, 5) is 59.0. The molecule has 5 rings (SSSR count). The van der Waals surface area contributed by atoms with Crippen LogP contribution in [0.1, 0.15) is 37.1 Å². The van der Waals surface area contributed by atoms with Crippen LogP contribution in [-0.4, -0.2) is 83.4 Å². The van der Waals surface area contributed by atoms with E-state index in [2.05, 4.69) is 20.9 Å². The summed E-state index contributed by atoms with van der Waals surface area (Å²) in [5, 5.41) is 8.48. The molecule has 0 unspecified atom stereocenters. The molecule has 0 saturated heterocycles. The number of hydrogen-bond acceptors (Lipinski definition) is 7. The molecule has 2 bridgehead atoms. The average Bonchev–Trinajstić information content (AvgIpc) is 3.40. The maximum Gasteiger partial charge on any atom is 0.258 e. The molecule has 3 N–H and O–H groups in total. The largest absolute Gasteiger partial charge is 0.484 e. The van der Waals surface area contributed by atoms with Crippen LogP contribution in [0.25, 0.3) is 5.65 Å². The summed E-state index contributed by atoms with van der Waals surface area (Å²) in [5.74, 6) is -1.18. The third kappa shape index (κ3) is 8.77. The standard InChI is InChI=1S/C31H40N6O6/c1-20(2)14-26-31(41)37(12-13-42-4)18-27(38)34-25(15-22-7-9-24(10-8-22)43-19-28(39)35-26)30(40)32-16-23-17-36-11-5-6-21(3)29(36)33-23/h5-11,17,20,25-26H,12-16,18-19H2,1-4H3,(H,32,40)(H,34,38)(H,35,39)/t25-,26+/m1/s1. The lowest BCUT2D eigenvalue weighted by Crippen LogP contribution is -2.55. The van der Waals surface area contributed by atoms with Crippen LogP contribution >= 0.6 is 0 Å². The molecule has 0 fully saturated rings. The first-order chi connectivity index (χ1) is 20.6. The first-order valence-corrected chi connectivity index (χ1v) is 14.4. The van der Waals surface area contributed by atoms with Crippen molar-refractivity contribution in [3.8, 4) is 5.75 Å². The van der Waals surface area contributed by atoms with Gasteiger partial charge in [0.15, 0.2) is 6.61 Å². The van der Waals surface area contributed by atoms with Gasteiger partial charge in [-0.2, -0.15) is 0 Å². The van der Waals surface area contributed by atoms with Gasteiger partial charge in [0.2, 0.25) is 17.7 Å². The molecule has 0 saturated carbocycles. The second-order valence-corrected chi connectivity index (χ2v) is 11.1. The fraction of sp³-hybridized carbons (Fsp3) is 0.452. The third-order valence-corrected chi connectivity index (χ3v) is 7.11. The smallest absolute Gasteiger partial charge is 0.258 e. The van der Waals surface area contributed by atoms with E-state index in [0.717, 1.165) is 16.8 Å². The fourth-order valence-electron chi connectivity index (χ4n) is 4.94. The zero-order valence-electron chi connectivity index (χ0n) is 25.1. The van der Waals surface area contributed by atoms with Crippen LogP contribution in [-0.2, 0) is 36.9 Å². The van der Waals surface area contributed by atoms with Gasteiger partial charge < -0.3 is 34.7 Å². The van der Waals surface area contributed by atoms with Gasteiger partial charge in [-0.05, 0) is 48.6 Å². The summed E-state index contributed by atoms with van der Waals surface area (Å²) in [6.45, 7) is 5.78. The number of carbonyl (C=O) groups excluding carboxylic acids is 4. The quantitative estimate of drug-likeness (QED) is 0.336. The van der Waals surface area contributed by atoms with E-state index in [1.54, 1.807) is 24.3 Å². The van der Waals surface area contributed by atoms with Crippen LogP contribution in [0, 0.1) is 12.8 Å². The molecule has 4 amide bonds. The molecule has 230 valence electrons. The molecular weight excluding hydrogens is 552 g/mol. The number of hydrogen-bond donors (Lipinski definition) is 3. The first kappa shape index (κ1) is 31.5. The summed E-state index contributed by atoms with van der Waals surface area (Å²) < 4.78 is 12.7. The number of nitrogens with zero attached hydrogens (tertiary/aromatic N) is 3. The van der Waals surface area contributed by atoms with Crippen LogP contribution in [0.3, 0.4) is 0 Å². The van der Waals surface area contributed by atoms with Gasteiger partial charge in [-0.25, -0.2) is 4.98 Å². The molecule has 2 atom stereocenters. The molecule has 2 aliphatic rings.